The molecule has 1 aliphatic heterocycles. The van der Waals surface area contributed by atoms with Crippen molar-refractivity contribution in [3.8, 4) is 11.1 Å². The van der Waals surface area contributed by atoms with Crippen molar-refractivity contribution in [2.45, 2.75) is 12.8 Å². The number of nitrogens with one attached hydrogen (secondary N) is 1. The van der Waals surface area contributed by atoms with Gasteiger partial charge >= 0.3 is 0 Å². The van der Waals surface area contributed by atoms with Crippen molar-refractivity contribution < 1.29 is 14.0 Å². The van der Waals surface area contributed by atoms with E-state index in [-0.39, 0.29) is 23.5 Å². The lowest BCUT2D eigenvalue weighted by Crippen LogP contribution is -2.43. The van der Waals surface area contributed by atoms with Gasteiger partial charge in [-0.15, -0.1) is 0 Å². The van der Waals surface area contributed by atoms with Gasteiger partial charge in [0.25, 0.3) is 5.91 Å². The van der Waals surface area contributed by atoms with Crippen molar-refractivity contribution in [3.63, 3.8) is 0 Å². The maximum Gasteiger partial charge on any atom is 0.253 e. The molecule has 6 heteroatoms. The summed E-state index contributed by atoms with van der Waals surface area (Å²) < 4.78 is 13.4. The van der Waals surface area contributed by atoms with E-state index >= 15 is 0 Å². The number of rotatable bonds is 4. The maximum absolute atomic E-state index is 13.4. The minimum atomic E-state index is -0.284. The quantitative estimate of drug-likeness (QED) is 0.703. The van der Waals surface area contributed by atoms with Crippen molar-refractivity contribution in [2.75, 3.05) is 18.4 Å². The first kappa shape index (κ1) is 19.8. The van der Waals surface area contributed by atoms with E-state index < -0.39 is 0 Å². The first-order valence-corrected chi connectivity index (χ1v) is 9.96. The van der Waals surface area contributed by atoms with Crippen molar-refractivity contribution >= 4 is 17.5 Å². The molecule has 5 nitrogen and oxygen atoms in total. The van der Waals surface area contributed by atoms with Crippen LogP contribution in [0.3, 0.4) is 0 Å². The molecule has 0 spiro atoms. The highest BCUT2D eigenvalue weighted by Gasteiger charge is 2.29. The predicted molar refractivity (Wildman–Crippen MR) is 113 cm³/mol. The topological polar surface area (TPSA) is 62.3 Å². The number of benzene rings is 2. The third-order valence-electron chi connectivity index (χ3n) is 5.32. The Balaban J connectivity index is 1.39. The van der Waals surface area contributed by atoms with Crippen LogP contribution in [0.1, 0.15) is 23.2 Å². The summed E-state index contributed by atoms with van der Waals surface area (Å²) >= 11 is 0. The molecular weight excluding hydrogens is 381 g/mol. The maximum atomic E-state index is 13.4. The van der Waals surface area contributed by atoms with E-state index in [4.69, 9.17) is 0 Å². The number of aromatic nitrogens is 1. The van der Waals surface area contributed by atoms with Crippen LogP contribution in [0.2, 0.25) is 0 Å². The van der Waals surface area contributed by atoms with Gasteiger partial charge in [0.1, 0.15) is 5.82 Å². The fourth-order valence-electron chi connectivity index (χ4n) is 3.71. The van der Waals surface area contributed by atoms with Crippen LogP contribution < -0.4 is 5.32 Å². The van der Waals surface area contributed by atoms with E-state index in [1.165, 1.54) is 12.1 Å². The number of likely N-dealkylation sites (tertiary alicyclic amines) is 1. The molecule has 0 saturated carbocycles. The van der Waals surface area contributed by atoms with E-state index in [1.54, 1.807) is 47.6 Å². The van der Waals surface area contributed by atoms with Gasteiger partial charge in [-0.25, -0.2) is 4.39 Å². The number of halogens is 1. The number of pyridine rings is 1. The molecule has 1 unspecified atom stereocenters. The molecule has 1 aliphatic rings. The number of anilines is 1. The fourth-order valence-corrected chi connectivity index (χ4v) is 3.71. The number of nitrogens with zero attached hydrogens (tertiary/aromatic N) is 2. The van der Waals surface area contributed by atoms with Gasteiger partial charge in [-0.3, -0.25) is 14.6 Å². The smallest absolute Gasteiger partial charge is 0.253 e. The van der Waals surface area contributed by atoms with Crippen LogP contribution >= 0.6 is 0 Å². The molecule has 0 bridgehead atoms. The van der Waals surface area contributed by atoms with Crippen LogP contribution in [0.5, 0.6) is 0 Å². The third-order valence-corrected chi connectivity index (χ3v) is 5.32. The molecule has 1 aromatic heterocycles. The second-order valence-corrected chi connectivity index (χ2v) is 7.40. The Morgan fingerprint density at radius 1 is 1.00 bits per heavy atom. The number of hydrogen-bond donors (Lipinski definition) is 1. The molecule has 0 aliphatic carbocycles. The van der Waals surface area contributed by atoms with Crippen LogP contribution in [0, 0.1) is 11.7 Å². The summed E-state index contributed by atoms with van der Waals surface area (Å²) in [6.07, 6.45) is 4.71. The minimum absolute atomic E-state index is 0.0747. The van der Waals surface area contributed by atoms with Crippen LogP contribution in [-0.2, 0) is 4.79 Å². The molecule has 1 fully saturated rings. The Bertz CT molecular complexity index is 1040. The molecule has 1 saturated heterocycles. The van der Waals surface area contributed by atoms with Crippen LogP contribution in [0.15, 0.2) is 73.1 Å². The highest BCUT2D eigenvalue weighted by molar-refractivity contribution is 5.96. The van der Waals surface area contributed by atoms with Gasteiger partial charge in [0.2, 0.25) is 5.91 Å². The molecular formula is C24H22FN3O2. The van der Waals surface area contributed by atoms with Gasteiger partial charge in [-0.2, -0.15) is 0 Å². The summed E-state index contributed by atoms with van der Waals surface area (Å²) in [6, 6.07) is 17.1. The van der Waals surface area contributed by atoms with Crippen molar-refractivity contribution in [1.29, 1.82) is 0 Å². The molecule has 2 aromatic carbocycles. The fraction of sp³-hybridized carbons (Fsp3) is 0.208. The summed E-state index contributed by atoms with van der Waals surface area (Å²) in [7, 11) is 0. The van der Waals surface area contributed by atoms with Gasteiger partial charge < -0.3 is 10.2 Å². The van der Waals surface area contributed by atoms with E-state index in [0.717, 1.165) is 24.0 Å². The van der Waals surface area contributed by atoms with Gasteiger partial charge in [-0.1, -0.05) is 24.3 Å². The number of hydrogen-bond acceptors (Lipinski definition) is 3. The lowest BCUT2D eigenvalue weighted by molar-refractivity contribution is -0.121. The van der Waals surface area contributed by atoms with E-state index in [0.29, 0.717) is 24.3 Å². The van der Waals surface area contributed by atoms with Crippen molar-refractivity contribution in [2.24, 2.45) is 5.92 Å². The molecule has 2 heterocycles. The molecule has 152 valence electrons. The number of carbonyl (C=O) groups is 2. The zero-order chi connectivity index (χ0) is 20.9. The van der Waals surface area contributed by atoms with Gasteiger partial charge in [0.05, 0.1) is 5.92 Å². The first-order chi connectivity index (χ1) is 14.6. The summed E-state index contributed by atoms with van der Waals surface area (Å²) in [5.74, 6) is -0.712. The van der Waals surface area contributed by atoms with E-state index in [1.807, 2.05) is 18.2 Å². The van der Waals surface area contributed by atoms with Crippen LogP contribution in [0.25, 0.3) is 11.1 Å². The normalized spacial score (nSPS) is 16.2. The molecule has 0 radical (unpaired) electrons. The lowest BCUT2D eigenvalue weighted by Gasteiger charge is -2.32. The zero-order valence-corrected chi connectivity index (χ0v) is 16.4. The molecule has 2 amide bonds. The monoisotopic (exact) mass is 403 g/mol. The molecule has 4 rings (SSSR count). The summed E-state index contributed by atoms with van der Waals surface area (Å²) in [6.45, 7) is 1.04. The second-order valence-electron chi connectivity index (χ2n) is 7.40. The number of carbonyl (C=O) groups excluding carboxylic acids is 2. The van der Waals surface area contributed by atoms with Gasteiger partial charge in [0.15, 0.2) is 0 Å². The minimum Gasteiger partial charge on any atom is -0.338 e. The number of piperidine rings is 1. The third kappa shape index (κ3) is 4.54. The lowest BCUT2D eigenvalue weighted by atomic mass is 9.96. The van der Waals surface area contributed by atoms with Crippen LogP contribution in [-0.4, -0.2) is 34.8 Å². The zero-order valence-electron chi connectivity index (χ0n) is 16.4. The Morgan fingerprint density at radius 2 is 1.77 bits per heavy atom. The Morgan fingerprint density at radius 3 is 2.50 bits per heavy atom. The highest BCUT2D eigenvalue weighted by atomic mass is 19.1. The molecule has 3 aromatic rings. The second kappa shape index (κ2) is 8.86. The average molecular weight is 403 g/mol. The van der Waals surface area contributed by atoms with E-state index in [9.17, 15) is 14.0 Å². The Labute approximate surface area is 174 Å². The summed E-state index contributed by atoms with van der Waals surface area (Å²) in [5.41, 5.74) is 2.92. The van der Waals surface area contributed by atoms with Crippen molar-refractivity contribution in [1.82, 2.24) is 9.88 Å². The molecule has 1 N–H and O–H groups in total. The number of amides is 2. The van der Waals surface area contributed by atoms with Crippen LogP contribution in [0.4, 0.5) is 10.1 Å². The summed E-state index contributed by atoms with van der Waals surface area (Å²) in [4.78, 5) is 31.1. The van der Waals surface area contributed by atoms with E-state index in [2.05, 4.69) is 10.3 Å². The standard InChI is InChI=1S/C24H22FN3O2/c25-21-5-1-3-19(15-21)17-6-8-22(9-7-17)27-23(29)20-4-2-14-28(16-20)24(30)18-10-12-26-13-11-18/h1,3,5-13,15,20H,2,4,14,16H2,(H,27,29). The SMILES string of the molecule is O=C(Nc1ccc(-c2cccc(F)c2)cc1)C1CCCN(C(=O)c2ccncc2)C1. The summed E-state index contributed by atoms with van der Waals surface area (Å²) in [5, 5.41) is 2.94. The van der Waals surface area contributed by atoms with Crippen molar-refractivity contribution in [3.05, 3.63) is 84.4 Å². The molecule has 1 atom stereocenters. The molecule has 30 heavy (non-hydrogen) atoms. The highest BCUT2D eigenvalue weighted by Crippen LogP contribution is 2.24. The van der Waals surface area contributed by atoms with Gasteiger partial charge in [0, 0.05) is 36.7 Å². The Hall–Kier alpha value is -3.54. The average Bonchev–Trinajstić information content (AvgIpc) is 2.80. The Kier molecular flexibility index (Phi) is 5.84. The largest absolute Gasteiger partial charge is 0.338 e. The first-order valence-electron chi connectivity index (χ1n) is 9.96. The van der Waals surface area contributed by atoms with Gasteiger partial charge in [-0.05, 0) is 60.4 Å². The predicted octanol–water partition coefficient (Wildman–Crippen LogP) is 4.38.